The lowest BCUT2D eigenvalue weighted by Crippen LogP contribution is -2.35. The molecule has 0 rings (SSSR count). The monoisotopic (exact) mass is 806 g/mol. The fourth-order valence-corrected chi connectivity index (χ4v) is 7.99. The zero-order valence-electron chi connectivity index (χ0n) is 37.5. The van der Waals surface area contributed by atoms with E-state index in [-0.39, 0.29) is 37.2 Å². The Morgan fingerprint density at radius 3 is 1.39 bits per heavy atom. The number of carbonyl (C=O) groups is 2. The molecule has 0 aliphatic carbocycles. The van der Waals surface area contributed by atoms with Crippen LogP contribution in [-0.4, -0.2) is 55.1 Å². The molecular formula is C48H88NO6P. The first-order chi connectivity index (χ1) is 27.3. The van der Waals surface area contributed by atoms with E-state index in [1.165, 1.54) is 103 Å². The highest BCUT2D eigenvalue weighted by molar-refractivity contribution is 7.44. The van der Waals surface area contributed by atoms with Crippen molar-refractivity contribution in [3.63, 3.8) is 0 Å². The third kappa shape index (κ3) is 35.4. The maximum absolute atomic E-state index is 12.9. The second kappa shape index (κ2) is 41.4. The van der Waals surface area contributed by atoms with Crippen LogP contribution in [0, 0.1) is 0 Å². The van der Waals surface area contributed by atoms with Crippen molar-refractivity contribution < 1.29 is 28.1 Å². The number of unbranched alkanes of at least 4 members (excludes halogenated alkanes) is 18. The molecule has 2 atom stereocenters. The zero-order valence-corrected chi connectivity index (χ0v) is 38.4. The number of nitrogens with zero attached hydrogens (tertiary/aromatic N) is 1. The third-order valence-electron chi connectivity index (χ3n) is 9.70. The Balaban J connectivity index is 4.52. The van der Waals surface area contributed by atoms with Gasteiger partial charge in [-0.2, -0.15) is 0 Å². The van der Waals surface area contributed by atoms with Gasteiger partial charge in [0.1, 0.15) is 6.61 Å². The van der Waals surface area contributed by atoms with Crippen molar-refractivity contribution in [2.75, 3.05) is 20.3 Å². The van der Waals surface area contributed by atoms with Crippen molar-refractivity contribution in [1.82, 2.24) is 4.67 Å². The van der Waals surface area contributed by atoms with E-state index in [4.69, 9.17) is 18.5 Å². The molecule has 0 saturated carbocycles. The summed E-state index contributed by atoms with van der Waals surface area (Å²) in [7, 11) is 0.277. The zero-order chi connectivity index (χ0) is 41.3. The number of hydrogen-bond donors (Lipinski definition) is 0. The van der Waals surface area contributed by atoms with E-state index in [0.717, 1.165) is 44.9 Å². The van der Waals surface area contributed by atoms with E-state index >= 15 is 0 Å². The summed E-state index contributed by atoms with van der Waals surface area (Å²) in [5, 5.41) is 0. The summed E-state index contributed by atoms with van der Waals surface area (Å²) in [6.07, 6.45) is 46.3. The smallest absolute Gasteiger partial charge is 0.306 e. The largest absolute Gasteiger partial charge is 0.462 e. The molecular weight excluding hydrogens is 718 g/mol. The standard InChI is InChI=1S/C48H88NO6P/c1-8-10-12-14-16-18-20-22-24-25-27-29-31-33-35-37-39-41-48(51)55-46(43-54-56(52-7)49(44(3)4)45(5)6)42-53-47(50)40-38-36-34-32-30-28-26-23-21-19-17-15-13-11-9-2/h16,18,22,24,27,29,33,35,44-46H,8-15,17,19-21,23,25-26,28,30-32,34,36-43H2,1-7H3/b18-16-,24-22-,29-27-,35-33-/t46-,56?/m1/s1. The van der Waals surface area contributed by atoms with Gasteiger partial charge in [0.2, 0.25) is 0 Å². The van der Waals surface area contributed by atoms with Crippen LogP contribution in [-0.2, 0) is 28.1 Å². The first kappa shape index (κ1) is 54.2. The van der Waals surface area contributed by atoms with Crippen LogP contribution in [0.5, 0.6) is 0 Å². The lowest BCUT2D eigenvalue weighted by molar-refractivity contribution is -0.161. The lowest BCUT2D eigenvalue weighted by atomic mass is 10.0. The Bertz CT molecular complexity index is 1000. The minimum Gasteiger partial charge on any atom is -0.462 e. The molecule has 0 aliphatic rings. The molecule has 0 amide bonds. The van der Waals surface area contributed by atoms with Gasteiger partial charge >= 0.3 is 11.9 Å². The maximum atomic E-state index is 12.9. The summed E-state index contributed by atoms with van der Waals surface area (Å²) in [4.78, 5) is 25.5. The van der Waals surface area contributed by atoms with E-state index < -0.39 is 14.6 Å². The number of allylic oxidation sites excluding steroid dienone is 8. The normalized spacial score (nSPS) is 13.5. The first-order valence-electron chi connectivity index (χ1n) is 23.0. The molecule has 0 aromatic rings. The Hall–Kier alpha value is -1.79. The van der Waals surface area contributed by atoms with Crippen LogP contribution >= 0.6 is 8.53 Å². The molecule has 0 aromatic carbocycles. The second-order valence-electron chi connectivity index (χ2n) is 15.8. The number of ether oxygens (including phenoxy) is 2. The van der Waals surface area contributed by atoms with E-state index in [2.05, 4.69) is 94.8 Å². The quantitative estimate of drug-likeness (QED) is 0.0264. The van der Waals surface area contributed by atoms with E-state index in [1.54, 1.807) is 7.11 Å². The third-order valence-corrected chi connectivity index (χ3v) is 11.7. The molecule has 0 aromatic heterocycles. The molecule has 56 heavy (non-hydrogen) atoms. The van der Waals surface area contributed by atoms with Gasteiger partial charge < -0.3 is 18.5 Å². The fraction of sp³-hybridized carbons (Fsp3) is 0.792. The van der Waals surface area contributed by atoms with Crippen molar-refractivity contribution in [3.8, 4) is 0 Å². The Kier molecular flexibility index (Phi) is 40.0. The molecule has 0 heterocycles. The van der Waals surface area contributed by atoms with Gasteiger partial charge in [-0.3, -0.25) is 9.59 Å². The van der Waals surface area contributed by atoms with Gasteiger partial charge in [-0.05, 0) is 79.1 Å². The minimum absolute atomic E-state index is 0.0171. The van der Waals surface area contributed by atoms with Crippen LogP contribution in [0.2, 0.25) is 0 Å². The predicted octanol–water partition coefficient (Wildman–Crippen LogP) is 14.9. The van der Waals surface area contributed by atoms with E-state index in [1.807, 2.05) is 0 Å². The van der Waals surface area contributed by atoms with Gasteiger partial charge in [0.05, 0.1) is 6.61 Å². The predicted molar refractivity (Wildman–Crippen MR) is 241 cm³/mol. The van der Waals surface area contributed by atoms with Crippen LogP contribution in [0.4, 0.5) is 0 Å². The number of carbonyl (C=O) groups excluding carboxylic acids is 2. The van der Waals surface area contributed by atoms with Gasteiger partial charge in [-0.15, -0.1) is 0 Å². The Labute approximate surface area is 347 Å². The van der Waals surface area contributed by atoms with Gasteiger partial charge in [-0.1, -0.05) is 165 Å². The second-order valence-corrected chi connectivity index (χ2v) is 17.3. The lowest BCUT2D eigenvalue weighted by Gasteiger charge is -2.35. The Morgan fingerprint density at radius 1 is 0.518 bits per heavy atom. The molecule has 0 N–H and O–H groups in total. The van der Waals surface area contributed by atoms with Crippen molar-refractivity contribution in [2.24, 2.45) is 0 Å². The number of hydrogen-bond acceptors (Lipinski definition) is 7. The van der Waals surface area contributed by atoms with Crippen molar-refractivity contribution in [1.29, 1.82) is 0 Å². The molecule has 0 spiro atoms. The highest BCUT2D eigenvalue weighted by Gasteiger charge is 2.28. The van der Waals surface area contributed by atoms with Crippen LogP contribution < -0.4 is 0 Å². The summed E-state index contributed by atoms with van der Waals surface area (Å²) in [5.41, 5.74) is 0. The maximum Gasteiger partial charge on any atom is 0.306 e. The Morgan fingerprint density at radius 2 is 0.929 bits per heavy atom. The highest BCUT2D eigenvalue weighted by Crippen LogP contribution is 2.45. The molecule has 0 aliphatic heterocycles. The van der Waals surface area contributed by atoms with Crippen LogP contribution in [0.25, 0.3) is 0 Å². The van der Waals surface area contributed by atoms with E-state index in [9.17, 15) is 9.59 Å². The van der Waals surface area contributed by atoms with Crippen molar-refractivity contribution in [2.45, 2.75) is 227 Å². The average Bonchev–Trinajstić information content (AvgIpc) is 3.17. The topological polar surface area (TPSA) is 74.3 Å². The summed E-state index contributed by atoms with van der Waals surface area (Å²) >= 11 is 0. The highest BCUT2D eigenvalue weighted by atomic mass is 31.2. The molecule has 0 fully saturated rings. The minimum atomic E-state index is -1.36. The summed E-state index contributed by atoms with van der Waals surface area (Å²) in [6, 6.07) is 0.431. The van der Waals surface area contributed by atoms with Gasteiger partial charge in [0, 0.05) is 32.0 Å². The molecule has 1 unspecified atom stereocenters. The summed E-state index contributed by atoms with van der Waals surface area (Å²) in [5.74, 6) is -0.555. The van der Waals surface area contributed by atoms with Crippen LogP contribution in [0.3, 0.4) is 0 Å². The van der Waals surface area contributed by atoms with Gasteiger partial charge in [-0.25, -0.2) is 4.67 Å². The van der Waals surface area contributed by atoms with Gasteiger partial charge in [0.25, 0.3) is 8.53 Å². The first-order valence-corrected chi connectivity index (χ1v) is 24.1. The summed E-state index contributed by atoms with van der Waals surface area (Å²) in [6.45, 7) is 13.0. The van der Waals surface area contributed by atoms with Gasteiger partial charge in [0.15, 0.2) is 6.10 Å². The molecule has 0 bridgehead atoms. The average molecular weight is 806 g/mol. The molecule has 8 heteroatoms. The molecule has 326 valence electrons. The number of esters is 2. The van der Waals surface area contributed by atoms with E-state index in [0.29, 0.717) is 19.3 Å². The fourth-order valence-electron chi connectivity index (χ4n) is 6.52. The van der Waals surface area contributed by atoms with Crippen LogP contribution in [0.15, 0.2) is 48.6 Å². The summed E-state index contributed by atoms with van der Waals surface area (Å²) < 4.78 is 25.5. The van der Waals surface area contributed by atoms with Crippen LogP contribution in [0.1, 0.15) is 208 Å². The molecule has 7 nitrogen and oxygen atoms in total. The molecule has 0 saturated heterocycles. The van der Waals surface area contributed by atoms with Crippen molar-refractivity contribution >= 4 is 20.5 Å². The number of rotatable bonds is 40. The molecule has 0 radical (unpaired) electrons. The van der Waals surface area contributed by atoms with Crippen molar-refractivity contribution in [3.05, 3.63) is 48.6 Å². The SMILES string of the molecule is CCCCC/C=C\C/C=C\C/C=C\C/C=C\CCCC(=O)O[C@H](COC(=O)CCCCCCCCCCCCCCCCC)COP(OC)N(C(C)C)C(C)C.